The van der Waals surface area contributed by atoms with Gasteiger partial charge in [0.25, 0.3) is 5.56 Å². The van der Waals surface area contributed by atoms with Crippen molar-refractivity contribution in [2.75, 3.05) is 0 Å². The van der Waals surface area contributed by atoms with Crippen LogP contribution in [0.15, 0.2) is 53.5 Å². The van der Waals surface area contributed by atoms with Crippen LogP contribution < -0.4 is 10.9 Å². The largest absolute Gasteiger partial charge is 0.311 e. The lowest BCUT2D eigenvalue weighted by molar-refractivity contribution is 0.459. The summed E-state index contributed by atoms with van der Waals surface area (Å²) in [6.45, 7) is 1.58. The van der Waals surface area contributed by atoms with Crippen molar-refractivity contribution in [2.45, 2.75) is 57.7 Å². The Labute approximate surface area is 138 Å². The highest BCUT2D eigenvalue weighted by Gasteiger charge is 2.11. The van der Waals surface area contributed by atoms with Crippen molar-refractivity contribution in [3.05, 3.63) is 70.1 Å². The van der Waals surface area contributed by atoms with Gasteiger partial charge in [0.2, 0.25) is 0 Å². The summed E-state index contributed by atoms with van der Waals surface area (Å²) in [6.07, 6.45) is 9.98. The van der Waals surface area contributed by atoms with E-state index < -0.39 is 0 Å². The SMILES string of the molecule is O=c1ccccn1Cc1ccc(CNC2CCCCCC2)cc1. The Morgan fingerprint density at radius 1 is 0.913 bits per heavy atom. The van der Waals surface area contributed by atoms with Crippen LogP contribution in [0.5, 0.6) is 0 Å². The monoisotopic (exact) mass is 310 g/mol. The van der Waals surface area contributed by atoms with E-state index in [9.17, 15) is 4.79 Å². The minimum Gasteiger partial charge on any atom is -0.311 e. The molecule has 1 heterocycles. The maximum absolute atomic E-state index is 11.7. The Kier molecular flexibility index (Phi) is 5.65. The molecule has 3 rings (SSSR count). The summed E-state index contributed by atoms with van der Waals surface area (Å²) in [5.74, 6) is 0. The lowest BCUT2D eigenvalue weighted by Gasteiger charge is -2.16. The fourth-order valence-corrected chi connectivity index (χ4v) is 3.30. The Morgan fingerprint density at radius 2 is 1.61 bits per heavy atom. The van der Waals surface area contributed by atoms with Gasteiger partial charge in [0.15, 0.2) is 0 Å². The highest BCUT2D eigenvalue weighted by atomic mass is 16.1. The summed E-state index contributed by atoms with van der Waals surface area (Å²) in [4.78, 5) is 11.7. The van der Waals surface area contributed by atoms with E-state index in [0.29, 0.717) is 12.6 Å². The first kappa shape index (κ1) is 16.0. The second-order valence-corrected chi connectivity index (χ2v) is 6.55. The Morgan fingerprint density at radius 3 is 2.30 bits per heavy atom. The molecule has 0 amide bonds. The molecule has 0 saturated heterocycles. The summed E-state index contributed by atoms with van der Waals surface area (Å²) in [5.41, 5.74) is 2.53. The Hall–Kier alpha value is -1.87. The molecule has 1 saturated carbocycles. The van der Waals surface area contributed by atoms with E-state index >= 15 is 0 Å². The van der Waals surface area contributed by atoms with E-state index in [1.54, 1.807) is 16.7 Å². The quantitative estimate of drug-likeness (QED) is 0.854. The first-order valence-electron chi connectivity index (χ1n) is 8.78. The highest BCUT2D eigenvalue weighted by molar-refractivity contribution is 5.23. The van der Waals surface area contributed by atoms with Crippen molar-refractivity contribution in [3.8, 4) is 0 Å². The minimum absolute atomic E-state index is 0.0478. The van der Waals surface area contributed by atoms with Crippen LogP contribution in [0.2, 0.25) is 0 Å². The van der Waals surface area contributed by atoms with Gasteiger partial charge in [-0.15, -0.1) is 0 Å². The number of hydrogen-bond donors (Lipinski definition) is 1. The van der Waals surface area contributed by atoms with Crippen LogP contribution in [-0.4, -0.2) is 10.6 Å². The zero-order valence-corrected chi connectivity index (χ0v) is 13.7. The third-order valence-electron chi connectivity index (χ3n) is 4.72. The van der Waals surface area contributed by atoms with Crippen LogP contribution >= 0.6 is 0 Å². The fraction of sp³-hybridized carbons (Fsp3) is 0.450. The molecule has 122 valence electrons. The zero-order valence-electron chi connectivity index (χ0n) is 13.7. The predicted octanol–water partition coefficient (Wildman–Crippen LogP) is 3.71. The molecule has 1 aliphatic carbocycles. The van der Waals surface area contributed by atoms with E-state index in [0.717, 1.165) is 12.1 Å². The molecule has 0 spiro atoms. The maximum Gasteiger partial charge on any atom is 0.250 e. The Balaban J connectivity index is 1.54. The summed E-state index contributed by atoms with van der Waals surface area (Å²) in [7, 11) is 0. The number of nitrogens with zero attached hydrogens (tertiary/aromatic N) is 1. The van der Waals surface area contributed by atoms with Crippen molar-refractivity contribution >= 4 is 0 Å². The van der Waals surface area contributed by atoms with Gasteiger partial charge in [0.1, 0.15) is 0 Å². The van der Waals surface area contributed by atoms with E-state index in [-0.39, 0.29) is 5.56 Å². The van der Waals surface area contributed by atoms with Gasteiger partial charge in [-0.25, -0.2) is 0 Å². The molecule has 1 N–H and O–H groups in total. The van der Waals surface area contributed by atoms with Gasteiger partial charge in [-0.3, -0.25) is 4.79 Å². The van der Waals surface area contributed by atoms with E-state index in [1.165, 1.54) is 44.1 Å². The van der Waals surface area contributed by atoms with Crippen LogP contribution in [0, 0.1) is 0 Å². The van der Waals surface area contributed by atoms with Crippen LogP contribution in [0.1, 0.15) is 49.7 Å². The maximum atomic E-state index is 11.7. The molecule has 0 atom stereocenters. The highest BCUT2D eigenvalue weighted by Crippen LogP contribution is 2.17. The Bertz CT molecular complexity index is 652. The minimum atomic E-state index is 0.0478. The molecular weight excluding hydrogens is 284 g/mol. The van der Waals surface area contributed by atoms with Crippen molar-refractivity contribution in [1.29, 1.82) is 0 Å². The molecule has 0 aliphatic heterocycles. The average Bonchev–Trinajstić information content (AvgIpc) is 2.85. The van der Waals surface area contributed by atoms with Crippen LogP contribution in [0.25, 0.3) is 0 Å². The zero-order chi connectivity index (χ0) is 15.9. The summed E-state index contributed by atoms with van der Waals surface area (Å²) >= 11 is 0. The molecule has 0 unspecified atom stereocenters. The molecule has 1 aromatic carbocycles. The third kappa shape index (κ3) is 4.80. The van der Waals surface area contributed by atoms with Gasteiger partial charge in [0, 0.05) is 24.8 Å². The fourth-order valence-electron chi connectivity index (χ4n) is 3.30. The number of aromatic nitrogens is 1. The molecule has 0 bridgehead atoms. The second kappa shape index (κ2) is 8.11. The van der Waals surface area contributed by atoms with Gasteiger partial charge < -0.3 is 9.88 Å². The molecule has 3 heteroatoms. The van der Waals surface area contributed by atoms with Crippen molar-refractivity contribution in [1.82, 2.24) is 9.88 Å². The number of pyridine rings is 1. The molecule has 3 nitrogen and oxygen atoms in total. The van der Waals surface area contributed by atoms with Crippen molar-refractivity contribution < 1.29 is 0 Å². The smallest absolute Gasteiger partial charge is 0.250 e. The first-order valence-corrected chi connectivity index (χ1v) is 8.78. The summed E-state index contributed by atoms with van der Waals surface area (Å²) in [6, 6.07) is 14.6. The van der Waals surface area contributed by atoms with Gasteiger partial charge >= 0.3 is 0 Å². The van der Waals surface area contributed by atoms with Gasteiger partial charge in [0.05, 0.1) is 6.54 Å². The number of nitrogens with one attached hydrogen (secondary N) is 1. The van der Waals surface area contributed by atoms with Crippen molar-refractivity contribution in [3.63, 3.8) is 0 Å². The molecular formula is C20H26N2O. The predicted molar refractivity (Wildman–Crippen MR) is 94.6 cm³/mol. The lowest BCUT2D eigenvalue weighted by atomic mass is 10.1. The van der Waals surface area contributed by atoms with E-state index in [2.05, 4.69) is 29.6 Å². The molecule has 1 fully saturated rings. The third-order valence-corrected chi connectivity index (χ3v) is 4.72. The van der Waals surface area contributed by atoms with Gasteiger partial charge in [-0.1, -0.05) is 56.0 Å². The van der Waals surface area contributed by atoms with Gasteiger partial charge in [-0.05, 0) is 30.0 Å². The van der Waals surface area contributed by atoms with E-state index in [1.807, 2.05) is 12.3 Å². The lowest BCUT2D eigenvalue weighted by Crippen LogP contribution is -2.27. The molecule has 2 aromatic rings. The summed E-state index contributed by atoms with van der Waals surface area (Å²) in [5, 5.41) is 3.70. The van der Waals surface area contributed by atoms with Crippen molar-refractivity contribution in [2.24, 2.45) is 0 Å². The first-order chi connectivity index (χ1) is 11.3. The topological polar surface area (TPSA) is 34.0 Å². The standard InChI is InChI=1S/C20H26N2O/c23-20-9-5-6-14-22(20)16-18-12-10-17(11-13-18)15-21-19-7-3-1-2-4-8-19/h5-6,9-14,19,21H,1-4,7-8,15-16H2. The average molecular weight is 310 g/mol. The molecule has 1 aliphatic rings. The molecule has 1 aromatic heterocycles. The number of hydrogen-bond acceptors (Lipinski definition) is 2. The normalized spacial score (nSPS) is 16.2. The molecule has 0 radical (unpaired) electrons. The second-order valence-electron chi connectivity index (χ2n) is 6.55. The van der Waals surface area contributed by atoms with Crippen LogP contribution in [-0.2, 0) is 13.1 Å². The summed E-state index contributed by atoms with van der Waals surface area (Å²) < 4.78 is 1.73. The van der Waals surface area contributed by atoms with Crippen LogP contribution in [0.4, 0.5) is 0 Å². The van der Waals surface area contributed by atoms with Gasteiger partial charge in [-0.2, -0.15) is 0 Å². The molecule has 23 heavy (non-hydrogen) atoms. The number of benzene rings is 1. The van der Waals surface area contributed by atoms with E-state index in [4.69, 9.17) is 0 Å². The number of rotatable bonds is 5. The van der Waals surface area contributed by atoms with Crippen LogP contribution in [0.3, 0.4) is 0 Å².